The number of nitrogens with zero attached hydrogens (tertiary/aromatic N) is 2. The van der Waals surface area contributed by atoms with Gasteiger partial charge >= 0.3 is 0 Å². The summed E-state index contributed by atoms with van der Waals surface area (Å²) in [6.07, 6.45) is 5.78. The summed E-state index contributed by atoms with van der Waals surface area (Å²) < 4.78 is 2.06. The Bertz CT molecular complexity index is 231. The quantitative estimate of drug-likeness (QED) is 0.608. The fourth-order valence-corrected chi connectivity index (χ4v) is 1.48. The number of aryl methyl sites for hydroxylation is 1. The second-order valence-corrected chi connectivity index (χ2v) is 2.63. The average Bonchev–Trinajstić information content (AvgIpc) is 2.44. The molecule has 1 atom stereocenters. The van der Waals surface area contributed by atoms with Crippen LogP contribution in [0.2, 0.25) is 0 Å². The molecular weight excluding hydrogens is 128 g/mol. The highest BCUT2D eigenvalue weighted by Crippen LogP contribution is 2.23. The topological polar surface area (TPSA) is 38.1 Å². The molecule has 0 spiro atoms. The first-order valence-corrected chi connectivity index (χ1v) is 3.54. The first-order valence-electron chi connectivity index (χ1n) is 3.54. The first-order chi connectivity index (χ1) is 4.92. The van der Waals surface area contributed by atoms with Gasteiger partial charge in [-0.1, -0.05) is 0 Å². The molecule has 1 aromatic rings. The maximum absolute atomic E-state index is 8.88. The van der Waals surface area contributed by atoms with Gasteiger partial charge in [-0.05, 0) is 6.42 Å². The van der Waals surface area contributed by atoms with Crippen LogP contribution in [-0.4, -0.2) is 21.3 Å². The summed E-state index contributed by atoms with van der Waals surface area (Å²) in [6, 6.07) is 0.289. The Balaban J connectivity index is 2.34. The van der Waals surface area contributed by atoms with Crippen molar-refractivity contribution < 1.29 is 5.11 Å². The van der Waals surface area contributed by atoms with E-state index in [0.29, 0.717) is 0 Å². The van der Waals surface area contributed by atoms with Gasteiger partial charge in [0.05, 0.1) is 12.6 Å². The SMILES string of the molecule is OC[C@H]1CCc2nccn21. The van der Waals surface area contributed by atoms with Crippen LogP contribution in [0.15, 0.2) is 12.4 Å². The van der Waals surface area contributed by atoms with Gasteiger partial charge in [-0.2, -0.15) is 0 Å². The molecule has 1 aliphatic heterocycles. The molecule has 1 N–H and O–H groups in total. The lowest BCUT2D eigenvalue weighted by molar-refractivity contribution is 0.233. The summed E-state index contributed by atoms with van der Waals surface area (Å²) in [5.41, 5.74) is 0. The zero-order valence-electron chi connectivity index (χ0n) is 5.70. The second-order valence-electron chi connectivity index (χ2n) is 2.63. The lowest BCUT2D eigenvalue weighted by Crippen LogP contribution is -2.06. The molecule has 1 aromatic heterocycles. The van der Waals surface area contributed by atoms with Gasteiger partial charge in [0.25, 0.3) is 0 Å². The Hall–Kier alpha value is -0.830. The molecule has 10 heavy (non-hydrogen) atoms. The van der Waals surface area contributed by atoms with Crippen LogP contribution in [0, 0.1) is 0 Å². The van der Waals surface area contributed by atoms with Crippen LogP contribution in [0.25, 0.3) is 0 Å². The van der Waals surface area contributed by atoms with E-state index in [9.17, 15) is 0 Å². The van der Waals surface area contributed by atoms with Crippen molar-refractivity contribution in [3.8, 4) is 0 Å². The molecule has 2 rings (SSSR count). The molecule has 0 saturated carbocycles. The van der Waals surface area contributed by atoms with Crippen LogP contribution in [0.4, 0.5) is 0 Å². The molecule has 0 aromatic carbocycles. The van der Waals surface area contributed by atoms with Crippen LogP contribution in [0.1, 0.15) is 18.3 Å². The second kappa shape index (κ2) is 2.09. The van der Waals surface area contributed by atoms with Gasteiger partial charge in [-0.25, -0.2) is 4.98 Å². The number of aliphatic hydroxyl groups excluding tert-OH is 1. The molecule has 0 radical (unpaired) electrons. The number of hydrogen-bond donors (Lipinski definition) is 1. The molecule has 3 heteroatoms. The highest BCUT2D eigenvalue weighted by molar-refractivity contribution is 5.01. The maximum atomic E-state index is 8.88. The van der Waals surface area contributed by atoms with E-state index < -0.39 is 0 Å². The summed E-state index contributed by atoms with van der Waals surface area (Å²) in [5, 5.41) is 8.88. The predicted molar refractivity (Wildman–Crippen MR) is 36.7 cm³/mol. The molecule has 3 nitrogen and oxygen atoms in total. The van der Waals surface area contributed by atoms with Crippen molar-refractivity contribution in [2.75, 3.05) is 6.61 Å². The van der Waals surface area contributed by atoms with Crippen molar-refractivity contribution in [2.45, 2.75) is 18.9 Å². The van der Waals surface area contributed by atoms with E-state index in [1.807, 2.05) is 6.20 Å². The monoisotopic (exact) mass is 138 g/mol. The molecule has 0 amide bonds. The van der Waals surface area contributed by atoms with Crippen molar-refractivity contribution in [3.05, 3.63) is 18.2 Å². The van der Waals surface area contributed by atoms with Gasteiger partial charge < -0.3 is 9.67 Å². The van der Waals surface area contributed by atoms with Gasteiger partial charge in [0.2, 0.25) is 0 Å². The van der Waals surface area contributed by atoms with Crippen LogP contribution in [0.3, 0.4) is 0 Å². The van der Waals surface area contributed by atoms with E-state index in [1.54, 1.807) is 6.20 Å². The van der Waals surface area contributed by atoms with E-state index in [1.165, 1.54) is 0 Å². The number of rotatable bonds is 1. The average molecular weight is 138 g/mol. The Morgan fingerprint density at radius 3 is 3.50 bits per heavy atom. The van der Waals surface area contributed by atoms with E-state index in [-0.39, 0.29) is 12.6 Å². The molecule has 0 aliphatic carbocycles. The predicted octanol–water partition coefficient (Wildman–Crippen LogP) is 0.363. The van der Waals surface area contributed by atoms with Crippen LogP contribution >= 0.6 is 0 Å². The third-order valence-electron chi connectivity index (χ3n) is 2.05. The molecule has 1 aliphatic rings. The zero-order valence-corrected chi connectivity index (χ0v) is 5.70. The van der Waals surface area contributed by atoms with Crippen molar-refractivity contribution in [1.29, 1.82) is 0 Å². The van der Waals surface area contributed by atoms with Gasteiger partial charge in [-0.3, -0.25) is 0 Å². The van der Waals surface area contributed by atoms with Gasteiger partial charge in [0.15, 0.2) is 0 Å². The van der Waals surface area contributed by atoms with E-state index in [0.717, 1.165) is 18.7 Å². The fraction of sp³-hybridized carbons (Fsp3) is 0.571. The molecule has 0 unspecified atom stereocenters. The number of fused-ring (bicyclic) bond motifs is 1. The maximum Gasteiger partial charge on any atom is 0.109 e. The minimum atomic E-state index is 0.239. The number of hydrogen-bond acceptors (Lipinski definition) is 2. The molecule has 2 heterocycles. The molecule has 54 valence electrons. The van der Waals surface area contributed by atoms with Crippen LogP contribution < -0.4 is 0 Å². The van der Waals surface area contributed by atoms with E-state index >= 15 is 0 Å². The Labute approximate surface area is 59.3 Å². The lowest BCUT2D eigenvalue weighted by Gasteiger charge is -2.06. The van der Waals surface area contributed by atoms with Gasteiger partial charge in [0, 0.05) is 18.8 Å². The Morgan fingerprint density at radius 1 is 1.80 bits per heavy atom. The summed E-state index contributed by atoms with van der Waals surface area (Å²) in [6.45, 7) is 0.239. The standard InChI is InChI=1S/C7H10N2O/c10-5-6-1-2-7-8-3-4-9(6)7/h3-4,6,10H,1-2,5H2/t6-/m1/s1. The smallest absolute Gasteiger partial charge is 0.109 e. The Kier molecular flexibility index (Phi) is 1.24. The van der Waals surface area contributed by atoms with Crippen molar-refractivity contribution in [1.82, 2.24) is 9.55 Å². The first kappa shape index (κ1) is 5.92. The molecule has 0 bridgehead atoms. The van der Waals surface area contributed by atoms with Gasteiger partial charge in [0.1, 0.15) is 5.82 Å². The highest BCUT2D eigenvalue weighted by atomic mass is 16.3. The normalized spacial score (nSPS) is 23.1. The third-order valence-corrected chi connectivity index (χ3v) is 2.05. The minimum Gasteiger partial charge on any atom is -0.394 e. The van der Waals surface area contributed by atoms with Crippen LogP contribution in [-0.2, 0) is 6.42 Å². The van der Waals surface area contributed by atoms with Gasteiger partial charge in [-0.15, -0.1) is 0 Å². The summed E-state index contributed by atoms with van der Waals surface area (Å²) in [5.74, 6) is 1.11. The van der Waals surface area contributed by atoms with E-state index in [2.05, 4.69) is 9.55 Å². The lowest BCUT2D eigenvalue weighted by atomic mass is 10.2. The molecule has 0 saturated heterocycles. The van der Waals surface area contributed by atoms with E-state index in [4.69, 9.17) is 5.11 Å². The highest BCUT2D eigenvalue weighted by Gasteiger charge is 2.20. The summed E-state index contributed by atoms with van der Waals surface area (Å²) >= 11 is 0. The third kappa shape index (κ3) is 0.671. The van der Waals surface area contributed by atoms with Crippen molar-refractivity contribution >= 4 is 0 Å². The molecular formula is C7H10N2O. The molecule has 0 fully saturated rings. The zero-order chi connectivity index (χ0) is 6.97. The Morgan fingerprint density at radius 2 is 2.70 bits per heavy atom. The summed E-state index contributed by atoms with van der Waals surface area (Å²) in [7, 11) is 0. The number of aromatic nitrogens is 2. The fourth-order valence-electron chi connectivity index (χ4n) is 1.48. The summed E-state index contributed by atoms with van der Waals surface area (Å²) in [4.78, 5) is 4.15. The number of aliphatic hydroxyl groups is 1. The minimum absolute atomic E-state index is 0.239. The largest absolute Gasteiger partial charge is 0.394 e. The van der Waals surface area contributed by atoms with Crippen molar-refractivity contribution in [2.24, 2.45) is 0 Å². The van der Waals surface area contributed by atoms with Crippen molar-refractivity contribution in [3.63, 3.8) is 0 Å². The number of imidazole rings is 1. The van der Waals surface area contributed by atoms with Crippen LogP contribution in [0.5, 0.6) is 0 Å².